The van der Waals surface area contributed by atoms with Gasteiger partial charge in [-0.2, -0.15) is 0 Å². The number of amides is 1. The Labute approximate surface area is 125 Å². The molecule has 0 saturated carbocycles. The van der Waals surface area contributed by atoms with Crippen molar-refractivity contribution in [2.45, 2.75) is 46.2 Å². The summed E-state index contributed by atoms with van der Waals surface area (Å²) in [6.07, 6.45) is 1.66. The second-order valence-corrected chi connectivity index (χ2v) is 7.43. The third-order valence-electron chi connectivity index (χ3n) is 5.03. The van der Waals surface area contributed by atoms with Crippen LogP contribution >= 0.6 is 0 Å². The lowest BCUT2D eigenvalue weighted by Crippen LogP contribution is -2.64. The number of rotatable bonds is 1. The maximum atomic E-state index is 12.7. The molecule has 0 aromatic rings. The molecule has 0 radical (unpaired) electrons. The van der Waals surface area contributed by atoms with Crippen LogP contribution in [-0.4, -0.2) is 42.0 Å². The smallest absolute Gasteiger partial charge is 0.237 e. The van der Waals surface area contributed by atoms with Crippen LogP contribution in [0.1, 0.15) is 40.0 Å². The number of carbonyl (C=O) groups excluding carboxylic acids is 2. The number of allylic oxidation sites excluding steroid dienone is 1. The number of fused-ring (bicyclic) bond motifs is 2. The van der Waals surface area contributed by atoms with Gasteiger partial charge < -0.3 is 0 Å². The molecule has 3 rings (SSSR count). The molecule has 0 aromatic carbocycles. The zero-order valence-corrected chi connectivity index (χ0v) is 13.4. The second kappa shape index (κ2) is 4.30. The largest absolute Gasteiger partial charge is 0.294 e. The van der Waals surface area contributed by atoms with Crippen LogP contribution in [0.3, 0.4) is 0 Å². The van der Waals surface area contributed by atoms with Crippen LogP contribution in [0.4, 0.5) is 0 Å². The number of nitrogens with zero attached hydrogens (tertiary/aromatic N) is 2. The lowest BCUT2D eigenvalue weighted by Gasteiger charge is -2.44. The molecule has 0 aromatic heterocycles. The zero-order chi connectivity index (χ0) is 15.6. The Morgan fingerprint density at radius 1 is 1.19 bits per heavy atom. The lowest BCUT2D eigenvalue weighted by atomic mass is 9.68. The van der Waals surface area contributed by atoms with E-state index in [9.17, 15) is 9.59 Å². The number of hydrogen-bond acceptors (Lipinski definition) is 5. The van der Waals surface area contributed by atoms with E-state index in [1.165, 1.54) is 5.01 Å². The first-order valence-electron chi connectivity index (χ1n) is 7.46. The highest BCUT2D eigenvalue weighted by molar-refractivity contribution is 6.00. The minimum atomic E-state index is -0.463. The maximum Gasteiger partial charge on any atom is 0.237 e. The SMILES string of the molecule is CNN1C2=C(C(=O)CC(C)(C)C2)[C@]2(C)CC(=O)N(C)N[C@H]12. The molecule has 116 valence electrons. The molecule has 2 heterocycles. The van der Waals surface area contributed by atoms with E-state index in [1.807, 2.05) is 19.0 Å². The average molecular weight is 292 g/mol. The highest BCUT2D eigenvalue weighted by atomic mass is 16.2. The summed E-state index contributed by atoms with van der Waals surface area (Å²) in [7, 11) is 3.60. The van der Waals surface area contributed by atoms with Crippen LogP contribution in [0, 0.1) is 10.8 Å². The Hall–Kier alpha value is -1.40. The summed E-state index contributed by atoms with van der Waals surface area (Å²) in [5.74, 6) is 0.210. The van der Waals surface area contributed by atoms with Crippen LogP contribution in [0.15, 0.2) is 11.3 Å². The molecule has 0 bridgehead atoms. The molecule has 1 fully saturated rings. The first-order chi connectivity index (χ1) is 9.69. The first-order valence-corrected chi connectivity index (χ1v) is 7.46. The fourth-order valence-electron chi connectivity index (χ4n) is 4.06. The Bertz CT molecular complexity index is 554. The van der Waals surface area contributed by atoms with Crippen molar-refractivity contribution in [1.29, 1.82) is 0 Å². The molecule has 1 saturated heterocycles. The summed E-state index contributed by atoms with van der Waals surface area (Å²) in [5.41, 5.74) is 7.82. The quantitative estimate of drug-likeness (QED) is 0.748. The fraction of sp³-hybridized carbons (Fsp3) is 0.733. The summed E-state index contributed by atoms with van der Waals surface area (Å²) < 4.78 is 0. The molecule has 2 atom stereocenters. The Morgan fingerprint density at radius 2 is 1.86 bits per heavy atom. The van der Waals surface area contributed by atoms with E-state index in [1.54, 1.807) is 7.05 Å². The van der Waals surface area contributed by atoms with E-state index < -0.39 is 5.41 Å². The van der Waals surface area contributed by atoms with Crippen LogP contribution in [0.2, 0.25) is 0 Å². The summed E-state index contributed by atoms with van der Waals surface area (Å²) in [6.45, 7) is 6.27. The van der Waals surface area contributed by atoms with Crippen molar-refractivity contribution < 1.29 is 9.59 Å². The van der Waals surface area contributed by atoms with E-state index >= 15 is 0 Å². The molecule has 0 unspecified atom stereocenters. The normalized spacial score (nSPS) is 35.2. The van der Waals surface area contributed by atoms with E-state index in [0.717, 1.165) is 17.7 Å². The average Bonchev–Trinajstić information content (AvgIpc) is 2.56. The van der Waals surface area contributed by atoms with Gasteiger partial charge in [0.15, 0.2) is 5.78 Å². The topological polar surface area (TPSA) is 64.7 Å². The zero-order valence-electron chi connectivity index (χ0n) is 13.4. The summed E-state index contributed by atoms with van der Waals surface area (Å²) in [4.78, 5) is 24.9. The van der Waals surface area contributed by atoms with Gasteiger partial charge in [0.2, 0.25) is 5.91 Å². The monoisotopic (exact) mass is 292 g/mol. The number of nitrogens with one attached hydrogen (secondary N) is 2. The van der Waals surface area contributed by atoms with E-state index in [0.29, 0.717) is 12.8 Å². The number of hydrogen-bond donors (Lipinski definition) is 2. The van der Waals surface area contributed by atoms with Gasteiger partial charge >= 0.3 is 0 Å². The highest BCUT2D eigenvalue weighted by Gasteiger charge is 2.58. The molecular formula is C15H24N4O2. The predicted molar refractivity (Wildman–Crippen MR) is 78.4 cm³/mol. The van der Waals surface area contributed by atoms with Gasteiger partial charge in [-0.3, -0.25) is 19.6 Å². The van der Waals surface area contributed by atoms with E-state index in [4.69, 9.17) is 0 Å². The van der Waals surface area contributed by atoms with Gasteiger partial charge in [0.1, 0.15) is 6.17 Å². The highest BCUT2D eigenvalue weighted by Crippen LogP contribution is 2.53. The number of ketones is 1. The Kier molecular flexibility index (Phi) is 2.98. The Balaban J connectivity index is 2.11. The van der Waals surface area contributed by atoms with Crippen molar-refractivity contribution >= 4 is 11.7 Å². The van der Waals surface area contributed by atoms with Crippen LogP contribution in [0.25, 0.3) is 0 Å². The van der Waals surface area contributed by atoms with Crippen molar-refractivity contribution in [2.75, 3.05) is 14.1 Å². The van der Waals surface area contributed by atoms with E-state index in [-0.39, 0.29) is 23.3 Å². The molecule has 1 aliphatic carbocycles. The summed E-state index contributed by atoms with van der Waals surface area (Å²) in [5, 5.41) is 3.57. The number of hydrazine groups is 2. The molecule has 0 spiro atoms. The predicted octanol–water partition coefficient (Wildman–Crippen LogP) is 0.779. The van der Waals surface area contributed by atoms with Crippen molar-refractivity contribution in [3.63, 3.8) is 0 Å². The molecular weight excluding hydrogens is 268 g/mol. The van der Waals surface area contributed by atoms with Crippen molar-refractivity contribution in [3.8, 4) is 0 Å². The van der Waals surface area contributed by atoms with Gasteiger partial charge in [0.05, 0.1) is 0 Å². The second-order valence-electron chi connectivity index (χ2n) is 7.43. The first kappa shape index (κ1) is 14.5. The number of carbonyl (C=O) groups is 2. The van der Waals surface area contributed by atoms with Gasteiger partial charge in [-0.1, -0.05) is 20.8 Å². The molecule has 3 aliphatic rings. The molecule has 6 nitrogen and oxygen atoms in total. The lowest BCUT2D eigenvalue weighted by molar-refractivity contribution is -0.146. The minimum Gasteiger partial charge on any atom is -0.294 e. The van der Waals surface area contributed by atoms with Gasteiger partial charge in [-0.25, -0.2) is 10.9 Å². The van der Waals surface area contributed by atoms with Crippen LogP contribution in [-0.2, 0) is 9.59 Å². The van der Waals surface area contributed by atoms with Gasteiger partial charge in [0, 0.05) is 43.6 Å². The van der Waals surface area contributed by atoms with Crippen molar-refractivity contribution in [1.82, 2.24) is 20.9 Å². The summed E-state index contributed by atoms with van der Waals surface area (Å²) in [6, 6.07) is 0. The molecule has 21 heavy (non-hydrogen) atoms. The van der Waals surface area contributed by atoms with Gasteiger partial charge in [-0.05, 0) is 11.8 Å². The fourth-order valence-corrected chi connectivity index (χ4v) is 4.06. The van der Waals surface area contributed by atoms with Crippen LogP contribution < -0.4 is 10.9 Å². The number of Topliss-reactive ketones (excluding diaryl/α,β-unsaturated/α-hetero) is 1. The molecule has 1 amide bonds. The van der Waals surface area contributed by atoms with Gasteiger partial charge in [0.25, 0.3) is 0 Å². The third kappa shape index (κ3) is 1.92. The van der Waals surface area contributed by atoms with Crippen molar-refractivity contribution in [3.05, 3.63) is 11.3 Å². The Morgan fingerprint density at radius 3 is 2.48 bits per heavy atom. The van der Waals surface area contributed by atoms with Crippen LogP contribution in [0.5, 0.6) is 0 Å². The third-order valence-corrected chi connectivity index (χ3v) is 5.03. The standard InChI is InChI=1S/C15H24N4O2/c1-14(2)6-9-12(10(20)7-14)15(3)8-11(21)18(5)17-13(15)19(9)16-4/h13,16-17H,6-8H2,1-5H3/t13-,15+/m1/s1. The maximum absolute atomic E-state index is 12.7. The van der Waals surface area contributed by atoms with E-state index in [2.05, 4.69) is 24.7 Å². The van der Waals surface area contributed by atoms with Crippen molar-refractivity contribution in [2.24, 2.45) is 10.8 Å². The molecule has 6 heteroatoms. The van der Waals surface area contributed by atoms with Gasteiger partial charge in [-0.15, -0.1) is 0 Å². The summed E-state index contributed by atoms with van der Waals surface area (Å²) >= 11 is 0. The minimum absolute atomic E-state index is 0.0242. The molecule has 2 N–H and O–H groups in total. The molecule has 2 aliphatic heterocycles.